The SMILES string of the molecule is CCC(=O)c1ncc(Br)cc1Cl. The minimum Gasteiger partial charge on any atom is -0.292 e. The van der Waals surface area contributed by atoms with Gasteiger partial charge in [-0.1, -0.05) is 18.5 Å². The average molecular weight is 249 g/mol. The molecule has 0 saturated carbocycles. The van der Waals surface area contributed by atoms with Gasteiger partial charge in [0.15, 0.2) is 5.78 Å². The fourth-order valence-electron chi connectivity index (χ4n) is 0.787. The van der Waals surface area contributed by atoms with Crippen molar-refractivity contribution in [2.75, 3.05) is 0 Å². The van der Waals surface area contributed by atoms with Crippen molar-refractivity contribution in [2.45, 2.75) is 13.3 Å². The van der Waals surface area contributed by atoms with Gasteiger partial charge in [0.05, 0.1) is 5.02 Å². The van der Waals surface area contributed by atoms with Crippen molar-refractivity contribution < 1.29 is 4.79 Å². The van der Waals surface area contributed by atoms with Gasteiger partial charge in [0.25, 0.3) is 0 Å². The van der Waals surface area contributed by atoms with Gasteiger partial charge in [-0.2, -0.15) is 0 Å². The number of aromatic nitrogens is 1. The lowest BCUT2D eigenvalue weighted by Crippen LogP contribution is -2.00. The molecule has 1 aromatic heterocycles. The molecule has 0 atom stereocenters. The third kappa shape index (κ3) is 2.05. The quantitative estimate of drug-likeness (QED) is 0.753. The summed E-state index contributed by atoms with van der Waals surface area (Å²) in [5, 5.41) is 0.399. The predicted octanol–water partition coefficient (Wildman–Crippen LogP) is 3.09. The third-order valence-electron chi connectivity index (χ3n) is 1.39. The summed E-state index contributed by atoms with van der Waals surface area (Å²) in [6.07, 6.45) is 1.99. The molecular formula is C8H7BrClNO. The van der Waals surface area contributed by atoms with Gasteiger partial charge in [-0.15, -0.1) is 0 Å². The summed E-state index contributed by atoms with van der Waals surface area (Å²) in [5.74, 6) is -0.0347. The van der Waals surface area contributed by atoms with Gasteiger partial charge in [0.1, 0.15) is 5.69 Å². The van der Waals surface area contributed by atoms with Crippen molar-refractivity contribution in [1.82, 2.24) is 4.98 Å². The second-order valence-electron chi connectivity index (χ2n) is 2.26. The topological polar surface area (TPSA) is 30.0 Å². The fraction of sp³-hybridized carbons (Fsp3) is 0.250. The zero-order chi connectivity index (χ0) is 9.14. The number of Topliss-reactive ketones (excluding diaryl/α,β-unsaturated/α-hetero) is 1. The van der Waals surface area contributed by atoms with E-state index in [1.54, 1.807) is 19.2 Å². The second kappa shape index (κ2) is 4.01. The van der Waals surface area contributed by atoms with Crippen LogP contribution in [-0.2, 0) is 0 Å². The molecule has 0 saturated heterocycles. The van der Waals surface area contributed by atoms with Crippen LogP contribution in [0.1, 0.15) is 23.8 Å². The molecule has 0 aliphatic heterocycles. The van der Waals surface area contributed by atoms with Crippen LogP contribution in [0.3, 0.4) is 0 Å². The Labute approximate surface area is 84.1 Å². The number of carbonyl (C=O) groups is 1. The second-order valence-corrected chi connectivity index (χ2v) is 3.58. The summed E-state index contributed by atoms with van der Waals surface area (Å²) >= 11 is 9.00. The van der Waals surface area contributed by atoms with Crippen LogP contribution in [0.5, 0.6) is 0 Å². The van der Waals surface area contributed by atoms with Crippen LogP contribution < -0.4 is 0 Å². The highest BCUT2D eigenvalue weighted by Crippen LogP contribution is 2.19. The first kappa shape index (κ1) is 9.68. The first-order chi connectivity index (χ1) is 5.65. The van der Waals surface area contributed by atoms with E-state index in [9.17, 15) is 4.79 Å². The molecule has 2 nitrogen and oxygen atoms in total. The first-order valence-electron chi connectivity index (χ1n) is 3.49. The highest BCUT2D eigenvalue weighted by atomic mass is 79.9. The number of halogens is 2. The summed E-state index contributed by atoms with van der Waals surface area (Å²) in [6, 6.07) is 1.66. The van der Waals surface area contributed by atoms with Gasteiger partial charge >= 0.3 is 0 Å². The van der Waals surface area contributed by atoms with Crippen molar-refractivity contribution >= 4 is 33.3 Å². The molecule has 0 N–H and O–H groups in total. The van der Waals surface area contributed by atoms with Gasteiger partial charge in [0, 0.05) is 17.1 Å². The van der Waals surface area contributed by atoms with E-state index < -0.39 is 0 Å². The van der Waals surface area contributed by atoms with Crippen LogP contribution >= 0.6 is 27.5 Å². The van der Waals surface area contributed by atoms with E-state index in [-0.39, 0.29) is 5.78 Å². The van der Waals surface area contributed by atoms with Crippen LogP contribution in [0.4, 0.5) is 0 Å². The molecule has 0 amide bonds. The molecule has 0 spiro atoms. The zero-order valence-corrected chi connectivity index (χ0v) is 8.82. The molecule has 0 aliphatic carbocycles. The van der Waals surface area contributed by atoms with Crippen LogP contribution in [0.25, 0.3) is 0 Å². The lowest BCUT2D eigenvalue weighted by Gasteiger charge is -1.99. The highest BCUT2D eigenvalue weighted by molar-refractivity contribution is 9.10. The number of hydrogen-bond acceptors (Lipinski definition) is 2. The Morgan fingerprint density at radius 2 is 2.42 bits per heavy atom. The summed E-state index contributed by atoms with van der Waals surface area (Å²) in [5.41, 5.74) is 0.349. The van der Waals surface area contributed by atoms with Gasteiger partial charge < -0.3 is 0 Å². The van der Waals surface area contributed by atoms with Crippen molar-refractivity contribution in [2.24, 2.45) is 0 Å². The van der Waals surface area contributed by atoms with E-state index >= 15 is 0 Å². The van der Waals surface area contributed by atoms with Gasteiger partial charge in [-0.25, -0.2) is 0 Å². The van der Waals surface area contributed by atoms with Gasteiger partial charge in [-0.05, 0) is 22.0 Å². The molecule has 64 valence electrons. The Morgan fingerprint density at radius 3 is 2.92 bits per heavy atom. The molecule has 0 radical (unpaired) electrons. The van der Waals surface area contributed by atoms with Crippen molar-refractivity contribution in [3.8, 4) is 0 Å². The Kier molecular flexibility index (Phi) is 3.23. The smallest absolute Gasteiger partial charge is 0.182 e. The number of hydrogen-bond donors (Lipinski definition) is 0. The summed E-state index contributed by atoms with van der Waals surface area (Å²) < 4.78 is 0.778. The number of pyridine rings is 1. The lowest BCUT2D eigenvalue weighted by molar-refractivity contribution is 0.0983. The number of ketones is 1. The molecule has 0 fully saturated rings. The molecule has 4 heteroatoms. The normalized spacial score (nSPS) is 9.92. The molecule has 1 heterocycles. The molecule has 12 heavy (non-hydrogen) atoms. The minimum atomic E-state index is -0.0347. The van der Waals surface area contributed by atoms with Crippen molar-refractivity contribution in [1.29, 1.82) is 0 Å². The van der Waals surface area contributed by atoms with E-state index in [4.69, 9.17) is 11.6 Å². The van der Waals surface area contributed by atoms with Crippen LogP contribution in [0.2, 0.25) is 5.02 Å². The first-order valence-corrected chi connectivity index (χ1v) is 4.66. The van der Waals surface area contributed by atoms with Crippen LogP contribution in [-0.4, -0.2) is 10.8 Å². The molecule has 0 aromatic carbocycles. The van der Waals surface area contributed by atoms with E-state index in [0.29, 0.717) is 17.1 Å². The van der Waals surface area contributed by atoms with E-state index in [1.165, 1.54) is 0 Å². The molecule has 1 aromatic rings. The Bertz CT molecular complexity index is 314. The summed E-state index contributed by atoms with van der Waals surface area (Å²) in [7, 11) is 0. The molecule has 0 bridgehead atoms. The standard InChI is InChI=1S/C8H7BrClNO/c1-2-7(12)8-6(10)3-5(9)4-11-8/h3-4H,2H2,1H3. The molecule has 0 unspecified atom stereocenters. The summed E-state index contributed by atoms with van der Waals surface area (Å²) in [4.78, 5) is 15.1. The van der Waals surface area contributed by atoms with Gasteiger partial charge in [-0.3, -0.25) is 9.78 Å². The highest BCUT2D eigenvalue weighted by Gasteiger charge is 2.09. The fourth-order valence-corrected chi connectivity index (χ4v) is 1.52. The van der Waals surface area contributed by atoms with Gasteiger partial charge in [0.2, 0.25) is 0 Å². The molecule has 1 rings (SSSR count). The average Bonchev–Trinajstić information content (AvgIpc) is 2.03. The lowest BCUT2D eigenvalue weighted by atomic mass is 10.2. The maximum atomic E-state index is 11.2. The van der Waals surface area contributed by atoms with E-state index in [0.717, 1.165) is 4.47 Å². The number of carbonyl (C=O) groups excluding carboxylic acids is 1. The third-order valence-corrected chi connectivity index (χ3v) is 2.11. The van der Waals surface area contributed by atoms with Crippen molar-refractivity contribution in [3.63, 3.8) is 0 Å². The zero-order valence-electron chi connectivity index (χ0n) is 6.47. The van der Waals surface area contributed by atoms with E-state index in [1.807, 2.05) is 0 Å². The molecular weight excluding hydrogens is 241 g/mol. The monoisotopic (exact) mass is 247 g/mol. The Hall–Kier alpha value is -0.410. The van der Waals surface area contributed by atoms with E-state index in [2.05, 4.69) is 20.9 Å². The molecule has 0 aliphatic rings. The van der Waals surface area contributed by atoms with Crippen molar-refractivity contribution in [3.05, 3.63) is 27.5 Å². The maximum Gasteiger partial charge on any atom is 0.182 e. The van der Waals surface area contributed by atoms with Crippen LogP contribution in [0.15, 0.2) is 16.7 Å². The maximum absolute atomic E-state index is 11.2. The minimum absolute atomic E-state index is 0.0347. The largest absolute Gasteiger partial charge is 0.292 e. The number of rotatable bonds is 2. The summed E-state index contributed by atoms with van der Waals surface area (Å²) in [6.45, 7) is 1.78. The Morgan fingerprint density at radius 1 is 1.75 bits per heavy atom. The predicted molar refractivity (Wildman–Crippen MR) is 51.6 cm³/mol. The van der Waals surface area contributed by atoms with Crippen LogP contribution in [0, 0.1) is 0 Å². The Balaban J connectivity index is 3.09. The number of nitrogens with zero attached hydrogens (tertiary/aromatic N) is 1.